The van der Waals surface area contributed by atoms with Crippen molar-refractivity contribution in [1.82, 2.24) is 0 Å². The first-order chi connectivity index (χ1) is 15.3. The van der Waals surface area contributed by atoms with Gasteiger partial charge < -0.3 is 22.8 Å². The first kappa shape index (κ1) is 20.7. The smallest absolute Gasteiger partial charge is 0.389 e. The number of hydrogen-bond acceptors (Lipinski definition) is 3. The number of aromatic nitrogens is 1. The molecule has 2 heterocycles. The van der Waals surface area contributed by atoms with Crippen molar-refractivity contribution in [2.75, 3.05) is 23.8 Å². The summed E-state index contributed by atoms with van der Waals surface area (Å²) in [5.41, 5.74) is 5.09. The number of rotatable bonds is 3. The summed E-state index contributed by atoms with van der Waals surface area (Å²) in [6.07, 6.45) is 1.90. The number of hydrogen-bond donors (Lipinski definition) is 0. The summed E-state index contributed by atoms with van der Waals surface area (Å²) in [6, 6.07) is 20.9. The largest absolute Gasteiger partial charge is 0.738 e. The normalized spacial score (nSPS) is 14.9. The molecule has 162 valence electrons. The van der Waals surface area contributed by atoms with Gasteiger partial charge in [-0.2, -0.15) is 0 Å². The average molecular weight is 447 g/mol. The zero-order valence-corrected chi connectivity index (χ0v) is 19.3. The number of halogens is 2. The second-order valence-corrected chi connectivity index (χ2v) is 9.51. The van der Waals surface area contributed by atoms with Gasteiger partial charge >= 0.3 is 6.97 Å². The number of anilines is 2. The monoisotopic (exact) mass is 447 g/mol. The van der Waals surface area contributed by atoms with Gasteiger partial charge in [0.05, 0.1) is 4.70 Å². The van der Waals surface area contributed by atoms with Crippen molar-refractivity contribution < 1.29 is 13.1 Å². The molecule has 0 aliphatic carbocycles. The Hall–Kier alpha value is -3.19. The Morgan fingerprint density at radius 3 is 2.19 bits per heavy atom. The highest BCUT2D eigenvalue weighted by atomic mass is 32.1. The zero-order valence-electron chi connectivity index (χ0n) is 18.5. The molecule has 5 rings (SSSR count). The highest BCUT2D eigenvalue weighted by molar-refractivity contribution is 7.19. The van der Waals surface area contributed by atoms with Crippen LogP contribution in [0.3, 0.4) is 0 Å². The standard InChI is InChI=1S/C25H24BF2N3S/c1-17-8-7-9-18(2)25(17)31-22(19-12-14-20(15-13-19)29(3)4)16-24-30(26(31,27)28)21-10-5-6-11-23(21)32-24/h5-16H,1-4H3. The van der Waals surface area contributed by atoms with Crippen LogP contribution in [0.25, 0.3) is 22.0 Å². The Morgan fingerprint density at radius 2 is 1.53 bits per heavy atom. The van der Waals surface area contributed by atoms with Crippen molar-refractivity contribution >= 4 is 51.7 Å². The summed E-state index contributed by atoms with van der Waals surface area (Å²) < 4.78 is 35.1. The van der Waals surface area contributed by atoms with Gasteiger partial charge in [-0.3, -0.25) is 0 Å². The summed E-state index contributed by atoms with van der Waals surface area (Å²) >= 11 is 1.40. The van der Waals surface area contributed by atoms with Crippen molar-refractivity contribution in [3.05, 3.63) is 88.4 Å². The molecule has 1 aromatic heterocycles. The molecule has 0 N–H and O–H groups in total. The molecule has 1 aliphatic rings. The van der Waals surface area contributed by atoms with Gasteiger partial charge in [0.2, 0.25) is 5.01 Å². The number of thiazole rings is 1. The van der Waals surface area contributed by atoms with Gasteiger partial charge in [-0.15, -0.1) is 0 Å². The van der Waals surface area contributed by atoms with Gasteiger partial charge in [-0.05, 0) is 48.7 Å². The molecule has 0 saturated carbocycles. The molecule has 0 unspecified atom stereocenters. The molecule has 0 amide bonds. The predicted octanol–water partition coefficient (Wildman–Crippen LogP) is 6.11. The molecule has 0 fully saturated rings. The van der Waals surface area contributed by atoms with Gasteiger partial charge in [-0.25, -0.2) is 0 Å². The highest BCUT2D eigenvalue weighted by Gasteiger charge is 2.55. The van der Waals surface area contributed by atoms with Crippen molar-refractivity contribution in [3.8, 4) is 0 Å². The van der Waals surface area contributed by atoms with Crippen molar-refractivity contribution in [2.45, 2.75) is 13.8 Å². The molecule has 0 saturated heterocycles. The van der Waals surface area contributed by atoms with Crippen LogP contribution in [0.15, 0.2) is 66.7 Å². The maximum Gasteiger partial charge on any atom is 0.738 e. The van der Waals surface area contributed by atoms with Crippen LogP contribution >= 0.6 is 11.3 Å². The summed E-state index contributed by atoms with van der Waals surface area (Å²) in [5, 5.41) is 0.561. The lowest BCUT2D eigenvalue weighted by atomic mass is 9.84. The van der Waals surface area contributed by atoms with E-state index in [4.69, 9.17) is 0 Å². The SMILES string of the molecule is Cc1cccc(C)c1N1C(c2ccc(N(C)C)cc2)=Cc2sc3ccccc3[n+]2[B-]1(F)F. The van der Waals surface area contributed by atoms with Crippen LogP contribution < -0.4 is 14.2 Å². The van der Waals surface area contributed by atoms with Crippen LogP contribution in [0.5, 0.6) is 0 Å². The Morgan fingerprint density at radius 1 is 0.875 bits per heavy atom. The fraction of sp³-hybridized carbons (Fsp3) is 0.160. The van der Waals surface area contributed by atoms with Crippen LogP contribution in [0.4, 0.5) is 20.0 Å². The minimum absolute atomic E-state index is 0.518. The Labute approximate surface area is 190 Å². The van der Waals surface area contributed by atoms with E-state index in [2.05, 4.69) is 0 Å². The molecule has 0 spiro atoms. The maximum absolute atomic E-state index is 16.5. The molecule has 3 aromatic carbocycles. The quantitative estimate of drug-likeness (QED) is 0.351. The minimum atomic E-state index is -4.13. The fourth-order valence-corrected chi connectivity index (χ4v) is 5.66. The van der Waals surface area contributed by atoms with Crippen molar-refractivity contribution in [3.63, 3.8) is 0 Å². The van der Waals surface area contributed by atoms with Crippen LogP contribution in [0, 0.1) is 13.8 Å². The van der Waals surface area contributed by atoms with Crippen LogP contribution in [-0.2, 0) is 0 Å². The fourth-order valence-electron chi connectivity index (χ4n) is 4.53. The first-order valence-corrected chi connectivity index (χ1v) is 11.4. The number of benzene rings is 3. The molecule has 1 aliphatic heterocycles. The number of nitrogens with zero attached hydrogens (tertiary/aromatic N) is 3. The van der Waals surface area contributed by atoms with E-state index in [1.807, 2.05) is 99.6 Å². The predicted molar refractivity (Wildman–Crippen MR) is 132 cm³/mol. The molecule has 0 bridgehead atoms. The summed E-state index contributed by atoms with van der Waals surface area (Å²) in [5.74, 6) is 0. The number of fused-ring (bicyclic) bond motifs is 3. The Kier molecular flexibility index (Phi) is 4.82. The molecule has 4 aromatic rings. The van der Waals surface area contributed by atoms with E-state index in [9.17, 15) is 0 Å². The lowest BCUT2D eigenvalue weighted by Gasteiger charge is -2.41. The van der Waals surface area contributed by atoms with Gasteiger partial charge in [0.1, 0.15) is 0 Å². The zero-order chi connectivity index (χ0) is 22.6. The summed E-state index contributed by atoms with van der Waals surface area (Å²) in [6.45, 7) is -0.333. The van der Waals surface area contributed by atoms with Crippen molar-refractivity contribution in [1.29, 1.82) is 0 Å². The van der Waals surface area contributed by atoms with Crippen LogP contribution in [0.2, 0.25) is 0 Å². The minimum Gasteiger partial charge on any atom is -0.389 e. The molecule has 32 heavy (non-hydrogen) atoms. The first-order valence-electron chi connectivity index (χ1n) is 10.6. The molecular formula is C25H24BF2N3S. The third-order valence-corrected chi connectivity index (χ3v) is 7.17. The molecule has 0 radical (unpaired) electrons. The topological polar surface area (TPSA) is 10.4 Å². The lowest BCUT2D eigenvalue weighted by molar-refractivity contribution is -0.535. The van der Waals surface area contributed by atoms with E-state index in [0.717, 1.165) is 27.1 Å². The van der Waals surface area contributed by atoms with E-state index in [0.29, 0.717) is 21.9 Å². The van der Waals surface area contributed by atoms with Gasteiger partial charge in [0, 0.05) is 43.3 Å². The second-order valence-electron chi connectivity index (χ2n) is 8.45. The molecule has 7 heteroatoms. The number of aryl methyl sites for hydroxylation is 2. The van der Waals surface area contributed by atoms with E-state index in [-0.39, 0.29) is 0 Å². The van der Waals surface area contributed by atoms with Gasteiger partial charge in [-0.1, -0.05) is 53.8 Å². The van der Waals surface area contributed by atoms with E-state index >= 15 is 8.63 Å². The maximum atomic E-state index is 16.5. The van der Waals surface area contributed by atoms with Gasteiger partial charge in [0.15, 0.2) is 5.52 Å². The van der Waals surface area contributed by atoms with Crippen molar-refractivity contribution in [2.24, 2.45) is 0 Å². The second kappa shape index (κ2) is 7.45. The van der Waals surface area contributed by atoms with Crippen LogP contribution in [0.1, 0.15) is 21.7 Å². The molecule has 0 atom stereocenters. The Bertz CT molecular complexity index is 1340. The summed E-state index contributed by atoms with van der Waals surface area (Å²) in [7, 11) is 3.94. The molecule has 3 nitrogen and oxygen atoms in total. The Balaban J connectivity index is 1.81. The van der Waals surface area contributed by atoms with E-state index < -0.39 is 6.97 Å². The third kappa shape index (κ3) is 3.11. The highest BCUT2D eigenvalue weighted by Crippen LogP contribution is 2.41. The van der Waals surface area contributed by atoms with Crippen LogP contribution in [-0.4, -0.2) is 21.1 Å². The van der Waals surface area contributed by atoms with E-state index in [1.54, 1.807) is 6.07 Å². The average Bonchev–Trinajstić information content (AvgIpc) is 3.14. The third-order valence-electron chi connectivity index (χ3n) is 6.08. The summed E-state index contributed by atoms with van der Waals surface area (Å²) in [4.78, 5) is 3.27. The lowest BCUT2D eigenvalue weighted by Crippen LogP contribution is -2.71. The number of para-hydroxylation sites is 2. The van der Waals surface area contributed by atoms with Gasteiger partial charge in [0.25, 0.3) is 0 Å². The molecular weight excluding hydrogens is 423 g/mol. The van der Waals surface area contributed by atoms with E-state index in [1.165, 1.54) is 20.6 Å².